The Hall–Kier alpha value is -8.50. The summed E-state index contributed by atoms with van der Waals surface area (Å²) in [6.45, 7) is 0. The van der Waals surface area contributed by atoms with Gasteiger partial charge in [-0.15, -0.1) is 11.3 Å². The summed E-state index contributed by atoms with van der Waals surface area (Å²) in [5.74, 6) is 0. The highest BCUT2D eigenvalue weighted by Gasteiger charge is 2.24. The fourth-order valence-electron chi connectivity index (χ4n) is 10.4. The minimum absolute atomic E-state index is 1.08. The zero-order valence-electron chi connectivity index (χ0n) is 36.6. The maximum atomic E-state index is 2.49. The molecule has 13 rings (SSSR count). The summed E-state index contributed by atoms with van der Waals surface area (Å²) in [5, 5.41) is 7.54. The van der Waals surface area contributed by atoms with Crippen molar-refractivity contribution in [1.82, 2.24) is 4.57 Å². The Balaban J connectivity index is 1.02. The van der Waals surface area contributed by atoms with E-state index in [9.17, 15) is 0 Å². The second-order valence-corrected chi connectivity index (χ2v) is 18.3. The van der Waals surface area contributed by atoms with Crippen molar-refractivity contribution in [3.8, 4) is 50.2 Å². The number of benzene rings is 11. The van der Waals surface area contributed by atoms with Crippen LogP contribution >= 0.6 is 11.3 Å². The van der Waals surface area contributed by atoms with Gasteiger partial charge in [-0.05, 0) is 105 Å². The number of fused-ring (bicyclic) bond motifs is 7. The molecule has 314 valence electrons. The van der Waals surface area contributed by atoms with Crippen LogP contribution in [0.25, 0.3) is 103 Å². The Labute approximate surface area is 393 Å². The lowest BCUT2D eigenvalue weighted by molar-refractivity contribution is 1.18. The molecule has 0 aliphatic heterocycles. The average molecular weight is 871 g/mol. The molecule has 0 aliphatic rings. The minimum atomic E-state index is 1.08. The van der Waals surface area contributed by atoms with Crippen LogP contribution in [0.4, 0.5) is 17.1 Å². The molecule has 67 heavy (non-hydrogen) atoms. The highest BCUT2D eigenvalue weighted by molar-refractivity contribution is 7.25. The molecule has 0 radical (unpaired) electrons. The highest BCUT2D eigenvalue weighted by atomic mass is 32.1. The Morgan fingerprint density at radius 1 is 0.313 bits per heavy atom. The van der Waals surface area contributed by atoms with E-state index in [2.05, 4.69) is 264 Å². The summed E-state index contributed by atoms with van der Waals surface area (Å²) in [5.41, 5.74) is 16.4. The molecule has 2 heterocycles. The number of hydrogen-bond donors (Lipinski definition) is 0. The lowest BCUT2D eigenvalue weighted by atomic mass is 9.90. The summed E-state index contributed by atoms with van der Waals surface area (Å²) in [4.78, 5) is 2.49. The van der Waals surface area contributed by atoms with Crippen molar-refractivity contribution in [3.05, 3.63) is 255 Å². The number of rotatable bonds is 8. The van der Waals surface area contributed by atoms with Crippen LogP contribution in [0.5, 0.6) is 0 Å². The van der Waals surface area contributed by atoms with Gasteiger partial charge in [-0.1, -0.05) is 194 Å². The van der Waals surface area contributed by atoms with Crippen LogP contribution < -0.4 is 4.90 Å². The molecule has 0 N–H and O–H groups in total. The van der Waals surface area contributed by atoms with Gasteiger partial charge >= 0.3 is 0 Å². The number of para-hydroxylation sites is 4. The lowest BCUT2D eigenvalue weighted by Crippen LogP contribution is -2.12. The van der Waals surface area contributed by atoms with Gasteiger partial charge in [-0.25, -0.2) is 0 Å². The zero-order chi connectivity index (χ0) is 44.3. The fraction of sp³-hybridized carbons (Fsp3) is 0. The first-order valence-electron chi connectivity index (χ1n) is 22.9. The predicted molar refractivity (Wildman–Crippen MR) is 288 cm³/mol. The van der Waals surface area contributed by atoms with Crippen LogP contribution in [-0.4, -0.2) is 4.57 Å². The highest BCUT2D eigenvalue weighted by Crippen LogP contribution is 2.49. The number of thiophene rings is 1. The van der Waals surface area contributed by atoms with Gasteiger partial charge in [-0.2, -0.15) is 0 Å². The Morgan fingerprint density at radius 2 is 0.851 bits per heavy atom. The monoisotopic (exact) mass is 870 g/mol. The average Bonchev–Trinajstić information content (AvgIpc) is 3.95. The first kappa shape index (κ1) is 38.9. The third-order valence-corrected chi connectivity index (χ3v) is 14.5. The maximum absolute atomic E-state index is 2.49. The van der Waals surface area contributed by atoms with Crippen molar-refractivity contribution >= 4 is 81.1 Å². The van der Waals surface area contributed by atoms with Crippen molar-refractivity contribution in [3.63, 3.8) is 0 Å². The van der Waals surface area contributed by atoms with Crippen LogP contribution in [0.1, 0.15) is 0 Å². The summed E-state index contributed by atoms with van der Waals surface area (Å²) in [7, 11) is 0. The molecule has 0 fully saturated rings. The minimum Gasteiger partial charge on any atom is -0.309 e. The van der Waals surface area contributed by atoms with E-state index in [1.54, 1.807) is 0 Å². The number of anilines is 3. The predicted octanol–water partition coefficient (Wildman–Crippen LogP) is 18.4. The summed E-state index contributed by atoms with van der Waals surface area (Å²) >= 11 is 1.86. The topological polar surface area (TPSA) is 8.17 Å². The third kappa shape index (κ3) is 6.55. The molecule has 0 atom stereocenters. The molecule has 0 amide bonds. The molecule has 0 aliphatic carbocycles. The molecule has 2 aromatic heterocycles. The van der Waals surface area contributed by atoms with E-state index in [4.69, 9.17) is 0 Å². The first-order valence-corrected chi connectivity index (χ1v) is 23.7. The van der Waals surface area contributed by atoms with E-state index >= 15 is 0 Å². The molecule has 0 unspecified atom stereocenters. The number of aromatic nitrogens is 1. The Bertz CT molecular complexity index is 3970. The van der Waals surface area contributed by atoms with Crippen molar-refractivity contribution in [1.29, 1.82) is 0 Å². The van der Waals surface area contributed by atoms with Gasteiger partial charge in [0.05, 0.1) is 22.4 Å². The first-order chi connectivity index (χ1) is 33.3. The van der Waals surface area contributed by atoms with Crippen LogP contribution in [-0.2, 0) is 0 Å². The summed E-state index contributed by atoms with van der Waals surface area (Å²) in [6.07, 6.45) is 0. The van der Waals surface area contributed by atoms with Crippen LogP contribution in [0.3, 0.4) is 0 Å². The molecular weight excluding hydrogens is 829 g/mol. The third-order valence-electron chi connectivity index (χ3n) is 13.4. The van der Waals surface area contributed by atoms with E-state index in [0.717, 1.165) is 33.9 Å². The zero-order valence-corrected chi connectivity index (χ0v) is 37.4. The normalized spacial score (nSPS) is 11.6. The maximum Gasteiger partial charge on any atom is 0.0547 e. The summed E-state index contributed by atoms with van der Waals surface area (Å²) in [6, 6.07) is 93.3. The van der Waals surface area contributed by atoms with Crippen LogP contribution in [0.2, 0.25) is 0 Å². The molecule has 13 aromatic rings. The molecule has 0 saturated heterocycles. The van der Waals surface area contributed by atoms with Gasteiger partial charge in [0.1, 0.15) is 0 Å². The van der Waals surface area contributed by atoms with Crippen molar-refractivity contribution in [2.75, 3.05) is 4.90 Å². The molecule has 11 aromatic carbocycles. The van der Waals surface area contributed by atoms with Gasteiger partial charge in [0.15, 0.2) is 0 Å². The Kier molecular flexibility index (Phi) is 9.40. The molecule has 3 heteroatoms. The number of hydrogen-bond acceptors (Lipinski definition) is 2. The van der Waals surface area contributed by atoms with E-state index in [1.807, 2.05) is 11.3 Å². The van der Waals surface area contributed by atoms with Gasteiger partial charge in [0, 0.05) is 53.4 Å². The standard InChI is InChI=1S/C64H42N2S/c1-3-18-44(19-4-1)49-28-15-20-45-21-16-29-54(63(45)49)51-25-8-12-32-58(51)65(59-33-13-9-26-52(59)55-30-17-35-62-64(55)56-27-10-14-34-61(56)67-62)48-39-36-43(37-40-48)46-38-41-53-50-24-7-11-31-57(50)66(60(53)42-46)47-22-5-2-6-23-47/h1-42H. The molecule has 0 saturated carbocycles. The fourth-order valence-corrected chi connectivity index (χ4v) is 11.6. The molecule has 0 bridgehead atoms. The molecular formula is C64H42N2S. The van der Waals surface area contributed by atoms with E-state index < -0.39 is 0 Å². The smallest absolute Gasteiger partial charge is 0.0547 e. The summed E-state index contributed by atoms with van der Waals surface area (Å²) < 4.78 is 4.98. The quantitative estimate of drug-likeness (QED) is 0.148. The molecule has 0 spiro atoms. The van der Waals surface area contributed by atoms with Gasteiger partial charge in [0.25, 0.3) is 0 Å². The van der Waals surface area contributed by atoms with Crippen molar-refractivity contribution in [2.45, 2.75) is 0 Å². The van der Waals surface area contributed by atoms with Crippen LogP contribution in [0, 0.1) is 0 Å². The second-order valence-electron chi connectivity index (χ2n) is 17.2. The Morgan fingerprint density at radius 3 is 1.60 bits per heavy atom. The van der Waals surface area contributed by atoms with Gasteiger partial charge in [0.2, 0.25) is 0 Å². The largest absolute Gasteiger partial charge is 0.309 e. The number of nitrogens with zero attached hydrogens (tertiary/aromatic N) is 2. The van der Waals surface area contributed by atoms with Crippen molar-refractivity contribution in [2.24, 2.45) is 0 Å². The van der Waals surface area contributed by atoms with Gasteiger partial charge < -0.3 is 9.47 Å². The second kappa shape index (κ2) is 16.2. The van der Waals surface area contributed by atoms with Crippen LogP contribution in [0.15, 0.2) is 255 Å². The van der Waals surface area contributed by atoms with E-state index in [-0.39, 0.29) is 0 Å². The van der Waals surface area contributed by atoms with E-state index in [1.165, 1.54) is 86.1 Å². The van der Waals surface area contributed by atoms with Gasteiger partial charge in [-0.3, -0.25) is 0 Å². The lowest BCUT2D eigenvalue weighted by Gasteiger charge is -2.30. The SMILES string of the molecule is c1ccc(-c2cccc3cccc(-c4ccccc4N(c4ccc(-c5ccc6c7ccccc7n(-c7ccccc7)c6c5)cc4)c4ccccc4-c4cccc5sc6ccccc6c45)c23)cc1. The molecule has 2 nitrogen and oxygen atoms in total. The van der Waals surface area contributed by atoms with E-state index in [0.29, 0.717) is 0 Å². The van der Waals surface area contributed by atoms with Crippen molar-refractivity contribution < 1.29 is 0 Å².